The lowest BCUT2D eigenvalue weighted by atomic mass is 10.2. The Morgan fingerprint density at radius 3 is 2.56 bits per heavy atom. The molecule has 1 aromatic heterocycles. The molecule has 2 aromatic rings. The number of aromatic nitrogens is 2. The SMILES string of the molecule is CC(C(=O)NCc1ccc(Cl)cc1)N1CCN(c2cnccn2)CC1. The number of benzene rings is 1. The third-order valence-electron chi connectivity index (χ3n) is 4.49. The Hall–Kier alpha value is -2.18. The lowest BCUT2D eigenvalue weighted by Crippen LogP contribution is -2.54. The maximum Gasteiger partial charge on any atom is 0.237 e. The molecule has 1 aliphatic heterocycles. The fourth-order valence-electron chi connectivity index (χ4n) is 2.90. The van der Waals surface area contributed by atoms with E-state index < -0.39 is 0 Å². The van der Waals surface area contributed by atoms with Crippen molar-refractivity contribution in [1.29, 1.82) is 0 Å². The molecule has 1 N–H and O–H groups in total. The highest BCUT2D eigenvalue weighted by Gasteiger charge is 2.25. The number of anilines is 1. The van der Waals surface area contributed by atoms with Gasteiger partial charge in [-0.3, -0.25) is 14.7 Å². The summed E-state index contributed by atoms with van der Waals surface area (Å²) in [6.45, 7) is 5.80. The Kier molecular flexibility index (Phi) is 5.83. The van der Waals surface area contributed by atoms with Crippen LogP contribution in [0, 0.1) is 0 Å². The van der Waals surface area contributed by atoms with Crippen molar-refractivity contribution < 1.29 is 4.79 Å². The first-order chi connectivity index (χ1) is 12.1. The molecule has 1 amide bonds. The topological polar surface area (TPSA) is 61.4 Å². The number of nitrogens with zero attached hydrogens (tertiary/aromatic N) is 4. The Morgan fingerprint density at radius 2 is 1.92 bits per heavy atom. The average Bonchev–Trinajstić information content (AvgIpc) is 2.67. The minimum Gasteiger partial charge on any atom is -0.353 e. The number of halogens is 1. The van der Waals surface area contributed by atoms with Gasteiger partial charge in [-0.1, -0.05) is 23.7 Å². The van der Waals surface area contributed by atoms with Gasteiger partial charge in [0.2, 0.25) is 5.91 Å². The van der Waals surface area contributed by atoms with Crippen molar-refractivity contribution in [2.24, 2.45) is 0 Å². The second-order valence-corrected chi connectivity index (χ2v) is 6.54. The van der Waals surface area contributed by atoms with Crippen LogP contribution in [-0.4, -0.2) is 53.0 Å². The fourth-order valence-corrected chi connectivity index (χ4v) is 3.02. The molecule has 1 fully saturated rings. The molecule has 2 heterocycles. The predicted molar refractivity (Wildman–Crippen MR) is 98.6 cm³/mol. The van der Waals surface area contributed by atoms with E-state index in [0.29, 0.717) is 11.6 Å². The summed E-state index contributed by atoms with van der Waals surface area (Å²) >= 11 is 5.88. The van der Waals surface area contributed by atoms with Gasteiger partial charge >= 0.3 is 0 Å². The van der Waals surface area contributed by atoms with Crippen LogP contribution in [0.25, 0.3) is 0 Å². The Bertz CT molecular complexity index is 686. The number of hydrogen-bond donors (Lipinski definition) is 1. The molecule has 6 nitrogen and oxygen atoms in total. The summed E-state index contributed by atoms with van der Waals surface area (Å²) in [4.78, 5) is 25.3. The third-order valence-corrected chi connectivity index (χ3v) is 4.75. The van der Waals surface area contributed by atoms with Crippen LogP contribution in [0.3, 0.4) is 0 Å². The van der Waals surface area contributed by atoms with E-state index in [0.717, 1.165) is 37.6 Å². The van der Waals surface area contributed by atoms with Gasteiger partial charge in [-0.25, -0.2) is 4.98 Å². The smallest absolute Gasteiger partial charge is 0.237 e. The highest BCUT2D eigenvalue weighted by molar-refractivity contribution is 6.30. The molecule has 7 heteroatoms. The maximum atomic E-state index is 12.4. The number of carbonyl (C=O) groups is 1. The number of amides is 1. The largest absolute Gasteiger partial charge is 0.353 e. The zero-order chi connectivity index (χ0) is 17.6. The quantitative estimate of drug-likeness (QED) is 0.884. The number of piperazine rings is 1. The van der Waals surface area contributed by atoms with E-state index in [1.807, 2.05) is 31.2 Å². The van der Waals surface area contributed by atoms with Crippen molar-refractivity contribution >= 4 is 23.3 Å². The van der Waals surface area contributed by atoms with Crippen LogP contribution >= 0.6 is 11.6 Å². The van der Waals surface area contributed by atoms with Gasteiger partial charge in [-0.2, -0.15) is 0 Å². The second-order valence-electron chi connectivity index (χ2n) is 6.11. The predicted octanol–water partition coefficient (Wildman–Crippen LogP) is 1.96. The van der Waals surface area contributed by atoms with Crippen LogP contribution in [0.1, 0.15) is 12.5 Å². The normalized spacial score (nSPS) is 16.5. The Labute approximate surface area is 152 Å². The first-order valence-corrected chi connectivity index (χ1v) is 8.78. The summed E-state index contributed by atoms with van der Waals surface area (Å²) in [6, 6.07) is 7.35. The molecule has 0 saturated carbocycles. The van der Waals surface area contributed by atoms with Gasteiger partial charge in [-0.05, 0) is 24.6 Å². The van der Waals surface area contributed by atoms with E-state index >= 15 is 0 Å². The summed E-state index contributed by atoms with van der Waals surface area (Å²) in [7, 11) is 0. The van der Waals surface area contributed by atoms with Gasteiger partial charge in [0.25, 0.3) is 0 Å². The van der Waals surface area contributed by atoms with Gasteiger partial charge < -0.3 is 10.2 Å². The Morgan fingerprint density at radius 1 is 1.20 bits per heavy atom. The first-order valence-electron chi connectivity index (χ1n) is 8.40. The number of nitrogens with one attached hydrogen (secondary N) is 1. The summed E-state index contributed by atoms with van der Waals surface area (Å²) < 4.78 is 0. The number of rotatable bonds is 5. The molecular weight excluding hydrogens is 338 g/mol. The molecule has 1 atom stereocenters. The average molecular weight is 360 g/mol. The Balaban J connectivity index is 1.47. The molecule has 1 aromatic carbocycles. The molecule has 1 aliphatic rings. The van der Waals surface area contributed by atoms with Crippen LogP contribution < -0.4 is 10.2 Å². The zero-order valence-corrected chi connectivity index (χ0v) is 15.0. The van der Waals surface area contributed by atoms with Gasteiger partial charge in [0, 0.05) is 50.1 Å². The summed E-state index contributed by atoms with van der Waals surface area (Å²) in [5.74, 6) is 0.935. The first kappa shape index (κ1) is 17.6. The fraction of sp³-hybridized carbons (Fsp3) is 0.389. The highest BCUT2D eigenvalue weighted by Crippen LogP contribution is 2.13. The standard InChI is InChI=1S/C18H22ClN5O/c1-14(18(25)22-12-15-2-4-16(19)5-3-15)23-8-10-24(11-9-23)17-13-20-6-7-21-17/h2-7,13-14H,8-12H2,1H3,(H,22,25). The minimum atomic E-state index is -0.156. The van der Waals surface area contributed by atoms with E-state index in [2.05, 4.69) is 25.1 Å². The van der Waals surface area contributed by atoms with Gasteiger partial charge in [-0.15, -0.1) is 0 Å². The van der Waals surface area contributed by atoms with Crippen molar-refractivity contribution in [2.75, 3.05) is 31.1 Å². The van der Waals surface area contributed by atoms with E-state index in [4.69, 9.17) is 11.6 Å². The second kappa shape index (κ2) is 8.27. The van der Waals surface area contributed by atoms with Crippen molar-refractivity contribution in [3.63, 3.8) is 0 Å². The maximum absolute atomic E-state index is 12.4. The van der Waals surface area contributed by atoms with Gasteiger partial charge in [0.05, 0.1) is 12.2 Å². The molecule has 3 rings (SSSR count). The third kappa shape index (κ3) is 4.67. The van der Waals surface area contributed by atoms with E-state index in [1.165, 1.54) is 0 Å². The van der Waals surface area contributed by atoms with E-state index in [9.17, 15) is 4.79 Å². The van der Waals surface area contributed by atoms with Gasteiger partial charge in [0.15, 0.2) is 0 Å². The van der Waals surface area contributed by atoms with E-state index in [-0.39, 0.29) is 11.9 Å². The highest BCUT2D eigenvalue weighted by atomic mass is 35.5. The van der Waals surface area contributed by atoms with Crippen LogP contribution in [0.2, 0.25) is 5.02 Å². The lowest BCUT2D eigenvalue weighted by molar-refractivity contribution is -0.126. The lowest BCUT2D eigenvalue weighted by Gasteiger charge is -2.37. The molecule has 0 spiro atoms. The summed E-state index contributed by atoms with van der Waals surface area (Å²) in [5.41, 5.74) is 1.04. The van der Waals surface area contributed by atoms with Crippen molar-refractivity contribution in [2.45, 2.75) is 19.5 Å². The van der Waals surface area contributed by atoms with Crippen molar-refractivity contribution in [1.82, 2.24) is 20.2 Å². The monoisotopic (exact) mass is 359 g/mol. The van der Waals surface area contributed by atoms with E-state index in [1.54, 1.807) is 18.6 Å². The molecule has 25 heavy (non-hydrogen) atoms. The molecule has 0 bridgehead atoms. The minimum absolute atomic E-state index is 0.0444. The molecule has 0 radical (unpaired) electrons. The number of carbonyl (C=O) groups excluding carboxylic acids is 1. The molecule has 1 unspecified atom stereocenters. The summed E-state index contributed by atoms with van der Waals surface area (Å²) in [6.07, 6.45) is 5.15. The van der Waals surface area contributed by atoms with Crippen LogP contribution in [0.5, 0.6) is 0 Å². The van der Waals surface area contributed by atoms with Crippen molar-refractivity contribution in [3.05, 3.63) is 53.4 Å². The van der Waals surface area contributed by atoms with Crippen LogP contribution in [0.4, 0.5) is 5.82 Å². The van der Waals surface area contributed by atoms with Crippen LogP contribution in [-0.2, 0) is 11.3 Å². The molecule has 132 valence electrons. The molecule has 0 aliphatic carbocycles. The van der Waals surface area contributed by atoms with Gasteiger partial charge in [0.1, 0.15) is 5.82 Å². The summed E-state index contributed by atoms with van der Waals surface area (Å²) in [5, 5.41) is 3.70. The molecular formula is C18H22ClN5O. The zero-order valence-electron chi connectivity index (χ0n) is 14.2. The van der Waals surface area contributed by atoms with Crippen molar-refractivity contribution in [3.8, 4) is 0 Å². The number of hydrogen-bond acceptors (Lipinski definition) is 5. The van der Waals surface area contributed by atoms with Crippen LogP contribution in [0.15, 0.2) is 42.9 Å². The molecule has 1 saturated heterocycles.